The van der Waals surface area contributed by atoms with Crippen molar-refractivity contribution >= 4 is 0 Å². The number of hydrogen-bond donors (Lipinski definition) is 0. The van der Waals surface area contributed by atoms with Crippen molar-refractivity contribution in [2.45, 2.75) is 38.3 Å². The molecule has 1 aliphatic carbocycles. The minimum atomic E-state index is -4.37. The lowest BCUT2D eigenvalue weighted by Crippen LogP contribution is -2.04. The van der Waals surface area contributed by atoms with Crippen LogP contribution in [0.2, 0.25) is 0 Å². The molecule has 2 aromatic rings. The van der Waals surface area contributed by atoms with Gasteiger partial charge in [0.15, 0.2) is 0 Å². The van der Waals surface area contributed by atoms with E-state index in [4.69, 9.17) is 4.42 Å². The second kappa shape index (κ2) is 5.50. The second-order valence-electron chi connectivity index (χ2n) is 5.43. The molecular formula is C15H15F3N2O. The molecule has 6 heteroatoms. The third kappa shape index (κ3) is 3.25. The molecule has 0 atom stereocenters. The van der Waals surface area contributed by atoms with E-state index < -0.39 is 11.7 Å². The Balaban J connectivity index is 1.79. The Hall–Kier alpha value is -1.85. The molecule has 0 N–H and O–H groups in total. The normalized spacial score (nSPS) is 16.5. The Labute approximate surface area is 120 Å². The van der Waals surface area contributed by atoms with Gasteiger partial charge in [-0.1, -0.05) is 18.9 Å². The van der Waals surface area contributed by atoms with E-state index in [0.29, 0.717) is 23.8 Å². The average Bonchev–Trinajstić information content (AvgIpc) is 3.10. The van der Waals surface area contributed by atoms with Crippen molar-refractivity contribution in [3.63, 3.8) is 0 Å². The van der Waals surface area contributed by atoms with Crippen LogP contribution in [0, 0.1) is 5.92 Å². The lowest BCUT2D eigenvalue weighted by Gasteiger charge is -2.06. The van der Waals surface area contributed by atoms with Crippen LogP contribution in [-0.4, -0.2) is 10.2 Å². The van der Waals surface area contributed by atoms with Gasteiger partial charge in [-0.15, -0.1) is 10.2 Å². The van der Waals surface area contributed by atoms with Gasteiger partial charge in [-0.05, 0) is 37.0 Å². The van der Waals surface area contributed by atoms with Crippen molar-refractivity contribution < 1.29 is 17.6 Å². The first-order valence-corrected chi connectivity index (χ1v) is 7.02. The molecule has 0 bridgehead atoms. The minimum Gasteiger partial charge on any atom is -0.421 e. The number of halogens is 3. The van der Waals surface area contributed by atoms with E-state index in [0.717, 1.165) is 25.0 Å². The van der Waals surface area contributed by atoms with Crippen molar-refractivity contribution in [3.8, 4) is 11.5 Å². The highest BCUT2D eigenvalue weighted by atomic mass is 19.4. The number of benzene rings is 1. The average molecular weight is 296 g/mol. The summed E-state index contributed by atoms with van der Waals surface area (Å²) in [7, 11) is 0. The summed E-state index contributed by atoms with van der Waals surface area (Å²) in [5.41, 5.74) is -0.412. The van der Waals surface area contributed by atoms with E-state index in [9.17, 15) is 13.2 Å². The molecule has 1 aliphatic rings. The maximum Gasteiger partial charge on any atom is 0.416 e. The number of hydrogen-bond acceptors (Lipinski definition) is 3. The van der Waals surface area contributed by atoms with Gasteiger partial charge >= 0.3 is 6.18 Å². The van der Waals surface area contributed by atoms with Gasteiger partial charge in [0.05, 0.1) is 5.56 Å². The van der Waals surface area contributed by atoms with Crippen molar-refractivity contribution in [2.24, 2.45) is 5.92 Å². The fourth-order valence-corrected chi connectivity index (χ4v) is 2.74. The maximum absolute atomic E-state index is 12.7. The van der Waals surface area contributed by atoms with Gasteiger partial charge in [0.2, 0.25) is 11.8 Å². The molecule has 3 rings (SSSR count). The molecule has 3 nitrogen and oxygen atoms in total. The van der Waals surface area contributed by atoms with Crippen LogP contribution in [0.15, 0.2) is 28.7 Å². The molecule has 21 heavy (non-hydrogen) atoms. The molecule has 0 spiro atoms. The Morgan fingerprint density at radius 1 is 1.14 bits per heavy atom. The van der Waals surface area contributed by atoms with Crippen LogP contribution in [0.25, 0.3) is 11.5 Å². The van der Waals surface area contributed by atoms with Crippen LogP contribution >= 0.6 is 0 Å². The largest absolute Gasteiger partial charge is 0.421 e. The maximum atomic E-state index is 12.7. The van der Waals surface area contributed by atoms with Crippen molar-refractivity contribution in [1.82, 2.24) is 10.2 Å². The summed E-state index contributed by atoms with van der Waals surface area (Å²) in [6.45, 7) is 0. The Morgan fingerprint density at radius 3 is 2.62 bits per heavy atom. The molecule has 1 aromatic carbocycles. The smallest absolute Gasteiger partial charge is 0.416 e. The molecule has 0 amide bonds. The quantitative estimate of drug-likeness (QED) is 0.837. The summed E-state index contributed by atoms with van der Waals surface area (Å²) in [5, 5.41) is 7.82. The number of alkyl halides is 3. The highest BCUT2D eigenvalue weighted by Crippen LogP contribution is 2.32. The molecule has 112 valence electrons. The monoisotopic (exact) mass is 296 g/mol. The standard InChI is InChI=1S/C15H15F3N2O/c16-15(17,18)12-7-3-6-11(9-12)14-20-19-13(21-14)8-10-4-1-2-5-10/h3,6-7,9-10H,1-2,4-5,8H2. The van der Waals surface area contributed by atoms with Gasteiger partial charge in [0.25, 0.3) is 0 Å². The molecular weight excluding hydrogens is 281 g/mol. The number of nitrogens with zero attached hydrogens (tertiary/aromatic N) is 2. The fourth-order valence-electron chi connectivity index (χ4n) is 2.74. The lowest BCUT2D eigenvalue weighted by molar-refractivity contribution is -0.137. The fraction of sp³-hybridized carbons (Fsp3) is 0.467. The van der Waals surface area contributed by atoms with Crippen LogP contribution in [0.4, 0.5) is 13.2 Å². The van der Waals surface area contributed by atoms with Gasteiger partial charge < -0.3 is 4.42 Å². The predicted molar refractivity (Wildman–Crippen MR) is 70.4 cm³/mol. The first kappa shape index (κ1) is 14.1. The van der Waals surface area contributed by atoms with Gasteiger partial charge in [-0.25, -0.2) is 0 Å². The zero-order chi connectivity index (χ0) is 14.9. The van der Waals surface area contributed by atoms with E-state index in [1.165, 1.54) is 18.9 Å². The molecule has 0 aliphatic heterocycles. The van der Waals surface area contributed by atoms with E-state index in [1.54, 1.807) is 6.07 Å². The van der Waals surface area contributed by atoms with Crippen molar-refractivity contribution in [2.75, 3.05) is 0 Å². The summed E-state index contributed by atoms with van der Waals surface area (Å²) < 4.78 is 43.6. The molecule has 1 heterocycles. The predicted octanol–water partition coefficient (Wildman–Crippen LogP) is 4.49. The Morgan fingerprint density at radius 2 is 1.90 bits per heavy atom. The summed E-state index contributed by atoms with van der Waals surface area (Å²) in [5.74, 6) is 1.21. The summed E-state index contributed by atoms with van der Waals surface area (Å²) in [6.07, 6.45) is 1.09. The molecule has 1 saturated carbocycles. The molecule has 1 aromatic heterocycles. The number of rotatable bonds is 3. The summed E-state index contributed by atoms with van der Waals surface area (Å²) in [6, 6.07) is 4.95. The van der Waals surface area contributed by atoms with Gasteiger partial charge in [0, 0.05) is 12.0 Å². The summed E-state index contributed by atoms with van der Waals surface area (Å²) >= 11 is 0. The van der Waals surface area contributed by atoms with E-state index in [-0.39, 0.29) is 5.89 Å². The van der Waals surface area contributed by atoms with Crippen LogP contribution in [0.3, 0.4) is 0 Å². The van der Waals surface area contributed by atoms with Gasteiger partial charge in [-0.2, -0.15) is 13.2 Å². The van der Waals surface area contributed by atoms with Crippen LogP contribution < -0.4 is 0 Å². The second-order valence-corrected chi connectivity index (χ2v) is 5.43. The Bertz CT molecular complexity index is 615. The first-order valence-electron chi connectivity index (χ1n) is 7.02. The molecule has 0 radical (unpaired) electrons. The number of aromatic nitrogens is 2. The molecule has 0 saturated heterocycles. The zero-order valence-corrected chi connectivity index (χ0v) is 11.4. The molecule has 0 unspecified atom stereocenters. The van der Waals surface area contributed by atoms with Crippen molar-refractivity contribution in [1.29, 1.82) is 0 Å². The highest BCUT2D eigenvalue weighted by molar-refractivity contribution is 5.54. The van der Waals surface area contributed by atoms with E-state index in [1.807, 2.05) is 0 Å². The van der Waals surface area contributed by atoms with E-state index >= 15 is 0 Å². The highest BCUT2D eigenvalue weighted by Gasteiger charge is 2.31. The van der Waals surface area contributed by atoms with Gasteiger partial charge in [-0.3, -0.25) is 0 Å². The Kier molecular flexibility index (Phi) is 3.69. The van der Waals surface area contributed by atoms with E-state index in [2.05, 4.69) is 10.2 Å². The zero-order valence-electron chi connectivity index (χ0n) is 11.4. The van der Waals surface area contributed by atoms with Crippen LogP contribution in [0.5, 0.6) is 0 Å². The minimum absolute atomic E-state index is 0.147. The topological polar surface area (TPSA) is 38.9 Å². The third-order valence-electron chi connectivity index (χ3n) is 3.84. The summed E-state index contributed by atoms with van der Waals surface area (Å²) in [4.78, 5) is 0. The van der Waals surface area contributed by atoms with Gasteiger partial charge in [0.1, 0.15) is 0 Å². The van der Waals surface area contributed by atoms with Crippen LogP contribution in [0.1, 0.15) is 37.1 Å². The lowest BCUT2D eigenvalue weighted by atomic mass is 10.0. The SMILES string of the molecule is FC(F)(F)c1cccc(-c2nnc(CC3CCCC3)o2)c1. The first-order chi connectivity index (χ1) is 10.0. The van der Waals surface area contributed by atoms with Crippen molar-refractivity contribution in [3.05, 3.63) is 35.7 Å². The van der Waals surface area contributed by atoms with Crippen LogP contribution in [-0.2, 0) is 12.6 Å². The molecule has 1 fully saturated rings. The third-order valence-corrected chi connectivity index (χ3v) is 3.84.